The molecule has 0 amide bonds. The highest BCUT2D eigenvalue weighted by Crippen LogP contribution is 2.30. The predicted octanol–water partition coefficient (Wildman–Crippen LogP) is 2.89. The Balaban J connectivity index is 1.82. The molecule has 100 valence electrons. The minimum atomic E-state index is 0.889. The summed E-state index contributed by atoms with van der Waals surface area (Å²) in [4.78, 5) is 2.82. The van der Waals surface area contributed by atoms with Gasteiger partial charge in [0.2, 0.25) is 0 Å². The normalized spacial score (nSPS) is 29.1. The van der Waals surface area contributed by atoms with Gasteiger partial charge in [-0.3, -0.25) is 4.90 Å². The Labute approximate surface area is 107 Å². The van der Waals surface area contributed by atoms with Gasteiger partial charge in [-0.15, -0.1) is 0 Å². The third-order valence-electron chi connectivity index (χ3n) is 4.72. The van der Waals surface area contributed by atoms with Gasteiger partial charge in [0.1, 0.15) is 0 Å². The maximum Gasteiger partial charge on any atom is 0.00955 e. The number of likely N-dealkylation sites (tertiary alicyclic amines) is 1. The Kier molecular flexibility index (Phi) is 5.30. The van der Waals surface area contributed by atoms with Crippen LogP contribution in [0.3, 0.4) is 0 Å². The van der Waals surface area contributed by atoms with Crippen molar-refractivity contribution in [3.05, 3.63) is 0 Å². The van der Waals surface area contributed by atoms with Crippen molar-refractivity contribution >= 4 is 0 Å². The zero-order valence-electron chi connectivity index (χ0n) is 11.8. The van der Waals surface area contributed by atoms with Crippen molar-refractivity contribution < 1.29 is 0 Å². The molecule has 0 aromatic carbocycles. The Morgan fingerprint density at radius 1 is 1.00 bits per heavy atom. The monoisotopic (exact) mass is 238 g/mol. The summed E-state index contributed by atoms with van der Waals surface area (Å²) >= 11 is 0. The first kappa shape index (κ1) is 13.4. The molecule has 0 saturated carbocycles. The fourth-order valence-corrected chi connectivity index (χ4v) is 3.58. The van der Waals surface area contributed by atoms with Crippen LogP contribution in [0.25, 0.3) is 0 Å². The van der Waals surface area contributed by atoms with Crippen LogP contribution >= 0.6 is 0 Å². The van der Waals surface area contributed by atoms with E-state index >= 15 is 0 Å². The fraction of sp³-hybridized carbons (Fsp3) is 1.00. The Hall–Kier alpha value is -0.0800. The minimum Gasteiger partial charge on any atom is -0.316 e. The van der Waals surface area contributed by atoms with Gasteiger partial charge in [0.15, 0.2) is 0 Å². The second-order valence-electron chi connectivity index (χ2n) is 6.07. The molecule has 0 aromatic heterocycles. The van der Waals surface area contributed by atoms with Crippen LogP contribution in [0, 0.1) is 11.8 Å². The molecule has 2 fully saturated rings. The standard InChI is InChI=1S/C15H30N2/c1-3-5-7-15(8-6-4-2)17-11-13-9-16-10-14(13)12-17/h13-16H,3-12H2,1-2H3/t13-,14+. The number of nitrogens with one attached hydrogen (secondary N) is 1. The Morgan fingerprint density at radius 3 is 2.00 bits per heavy atom. The van der Waals surface area contributed by atoms with E-state index < -0.39 is 0 Å². The van der Waals surface area contributed by atoms with Crippen LogP contribution in [0.1, 0.15) is 52.4 Å². The van der Waals surface area contributed by atoms with Crippen LogP contribution in [0.15, 0.2) is 0 Å². The van der Waals surface area contributed by atoms with Crippen molar-refractivity contribution in [2.24, 2.45) is 11.8 Å². The van der Waals surface area contributed by atoms with Gasteiger partial charge >= 0.3 is 0 Å². The molecule has 0 unspecified atom stereocenters. The van der Waals surface area contributed by atoms with Gasteiger partial charge in [0.05, 0.1) is 0 Å². The average Bonchev–Trinajstić information content (AvgIpc) is 2.89. The first-order valence-corrected chi connectivity index (χ1v) is 7.79. The maximum absolute atomic E-state index is 3.54. The molecule has 0 radical (unpaired) electrons. The lowest BCUT2D eigenvalue weighted by Gasteiger charge is -2.28. The Morgan fingerprint density at radius 2 is 1.53 bits per heavy atom. The van der Waals surface area contributed by atoms with E-state index in [1.165, 1.54) is 64.7 Å². The van der Waals surface area contributed by atoms with Crippen molar-refractivity contribution in [2.75, 3.05) is 26.2 Å². The number of nitrogens with zero attached hydrogens (tertiary/aromatic N) is 1. The molecule has 2 aliphatic rings. The van der Waals surface area contributed by atoms with Crippen LogP contribution in [0.5, 0.6) is 0 Å². The number of hydrogen-bond donors (Lipinski definition) is 1. The SMILES string of the molecule is CCCCC(CCCC)N1C[C@H]2CNC[C@H]2C1. The highest BCUT2D eigenvalue weighted by Gasteiger charge is 2.38. The number of unbranched alkanes of at least 4 members (excludes halogenated alkanes) is 2. The Bertz CT molecular complexity index is 197. The van der Waals surface area contributed by atoms with E-state index in [1.54, 1.807) is 0 Å². The van der Waals surface area contributed by atoms with E-state index in [0.717, 1.165) is 17.9 Å². The van der Waals surface area contributed by atoms with Crippen molar-refractivity contribution in [1.82, 2.24) is 10.2 Å². The average molecular weight is 238 g/mol. The number of fused-ring (bicyclic) bond motifs is 1. The molecular formula is C15H30N2. The molecule has 2 aliphatic heterocycles. The summed E-state index contributed by atoms with van der Waals surface area (Å²) in [5.74, 6) is 1.92. The topological polar surface area (TPSA) is 15.3 Å². The first-order chi connectivity index (χ1) is 8.35. The van der Waals surface area contributed by atoms with Gasteiger partial charge in [-0.1, -0.05) is 39.5 Å². The lowest BCUT2D eigenvalue weighted by Crippen LogP contribution is -2.35. The van der Waals surface area contributed by atoms with Crippen molar-refractivity contribution in [3.8, 4) is 0 Å². The molecule has 0 spiro atoms. The van der Waals surface area contributed by atoms with E-state index in [0.29, 0.717) is 0 Å². The predicted molar refractivity (Wildman–Crippen MR) is 74.3 cm³/mol. The van der Waals surface area contributed by atoms with Crippen molar-refractivity contribution in [2.45, 2.75) is 58.4 Å². The molecule has 2 nitrogen and oxygen atoms in total. The summed E-state index contributed by atoms with van der Waals surface area (Å²) in [6.45, 7) is 9.93. The molecule has 2 heteroatoms. The molecule has 0 bridgehead atoms. The van der Waals surface area contributed by atoms with Gasteiger partial charge in [0, 0.05) is 19.1 Å². The molecule has 2 rings (SSSR count). The van der Waals surface area contributed by atoms with Crippen LogP contribution in [-0.4, -0.2) is 37.1 Å². The van der Waals surface area contributed by atoms with Gasteiger partial charge in [-0.05, 0) is 37.8 Å². The third kappa shape index (κ3) is 3.45. The lowest BCUT2D eigenvalue weighted by atomic mass is 10.0. The van der Waals surface area contributed by atoms with E-state index in [4.69, 9.17) is 0 Å². The molecule has 0 aromatic rings. The molecule has 1 N–H and O–H groups in total. The molecule has 17 heavy (non-hydrogen) atoms. The second-order valence-corrected chi connectivity index (χ2v) is 6.07. The first-order valence-electron chi connectivity index (χ1n) is 7.79. The zero-order valence-corrected chi connectivity index (χ0v) is 11.8. The largest absolute Gasteiger partial charge is 0.316 e. The third-order valence-corrected chi connectivity index (χ3v) is 4.72. The smallest absolute Gasteiger partial charge is 0.00955 e. The number of rotatable bonds is 7. The molecule has 2 atom stereocenters. The lowest BCUT2D eigenvalue weighted by molar-refractivity contribution is 0.198. The summed E-state index contributed by atoms with van der Waals surface area (Å²) in [6, 6.07) is 0.889. The highest BCUT2D eigenvalue weighted by molar-refractivity contribution is 4.93. The van der Waals surface area contributed by atoms with E-state index in [1.807, 2.05) is 0 Å². The fourth-order valence-electron chi connectivity index (χ4n) is 3.58. The van der Waals surface area contributed by atoms with E-state index in [-0.39, 0.29) is 0 Å². The van der Waals surface area contributed by atoms with Gasteiger partial charge in [-0.2, -0.15) is 0 Å². The maximum atomic E-state index is 3.54. The highest BCUT2D eigenvalue weighted by atomic mass is 15.2. The van der Waals surface area contributed by atoms with Crippen LogP contribution < -0.4 is 5.32 Å². The second kappa shape index (κ2) is 6.75. The molecule has 0 aliphatic carbocycles. The van der Waals surface area contributed by atoms with Gasteiger partial charge in [0.25, 0.3) is 0 Å². The van der Waals surface area contributed by atoms with E-state index in [2.05, 4.69) is 24.1 Å². The molecule has 2 heterocycles. The minimum absolute atomic E-state index is 0.889. The van der Waals surface area contributed by atoms with Crippen LogP contribution in [0.4, 0.5) is 0 Å². The van der Waals surface area contributed by atoms with E-state index in [9.17, 15) is 0 Å². The summed E-state index contributed by atoms with van der Waals surface area (Å²) in [6.07, 6.45) is 8.40. The van der Waals surface area contributed by atoms with Gasteiger partial charge in [-0.25, -0.2) is 0 Å². The van der Waals surface area contributed by atoms with Crippen molar-refractivity contribution in [1.29, 1.82) is 0 Å². The summed E-state index contributed by atoms with van der Waals surface area (Å²) in [7, 11) is 0. The summed E-state index contributed by atoms with van der Waals surface area (Å²) in [5.41, 5.74) is 0. The van der Waals surface area contributed by atoms with Gasteiger partial charge < -0.3 is 5.32 Å². The summed E-state index contributed by atoms with van der Waals surface area (Å²) < 4.78 is 0. The van der Waals surface area contributed by atoms with Crippen LogP contribution in [-0.2, 0) is 0 Å². The van der Waals surface area contributed by atoms with Crippen molar-refractivity contribution in [3.63, 3.8) is 0 Å². The number of hydrogen-bond acceptors (Lipinski definition) is 2. The summed E-state index contributed by atoms with van der Waals surface area (Å²) in [5, 5.41) is 3.54. The van der Waals surface area contributed by atoms with Crippen LogP contribution in [0.2, 0.25) is 0 Å². The quantitative estimate of drug-likeness (QED) is 0.733. The molecule has 2 saturated heterocycles. The molecular weight excluding hydrogens is 208 g/mol. The zero-order chi connectivity index (χ0) is 12.1.